The Kier molecular flexibility index (Phi) is 5.15. The second kappa shape index (κ2) is 7.93. The Morgan fingerprint density at radius 2 is 1.87 bits per heavy atom. The minimum atomic E-state index is -0.281. The van der Waals surface area contributed by atoms with Gasteiger partial charge in [0.2, 0.25) is 0 Å². The maximum absolute atomic E-state index is 12.2. The maximum Gasteiger partial charge on any atom is 0.272 e. The van der Waals surface area contributed by atoms with Crippen molar-refractivity contribution in [1.82, 2.24) is 20.0 Å². The molecule has 4 rings (SSSR count). The van der Waals surface area contributed by atoms with Crippen LogP contribution in [0.15, 0.2) is 41.3 Å². The molecule has 0 bridgehead atoms. The van der Waals surface area contributed by atoms with Crippen molar-refractivity contribution in [1.29, 1.82) is 5.26 Å². The summed E-state index contributed by atoms with van der Waals surface area (Å²) in [5.41, 5.74) is 9.52. The molecule has 2 aromatic heterocycles. The smallest absolute Gasteiger partial charge is 0.272 e. The number of aryl methyl sites for hydroxylation is 1. The number of benzene rings is 2. The largest absolute Gasteiger partial charge is 0.493 e. The highest BCUT2D eigenvalue weighted by molar-refractivity contribution is 5.92. The van der Waals surface area contributed by atoms with Crippen molar-refractivity contribution < 1.29 is 9.47 Å². The third kappa shape index (κ3) is 3.29. The van der Waals surface area contributed by atoms with Crippen molar-refractivity contribution in [3.05, 3.63) is 58.1 Å². The number of rotatable bonds is 5. The van der Waals surface area contributed by atoms with E-state index in [0.29, 0.717) is 39.1 Å². The summed E-state index contributed by atoms with van der Waals surface area (Å²) in [6.07, 6.45) is 1.72. The van der Waals surface area contributed by atoms with Gasteiger partial charge in [0, 0.05) is 36.2 Å². The molecular formula is C22H20N6O3. The first kappa shape index (κ1) is 20.1. The summed E-state index contributed by atoms with van der Waals surface area (Å²) in [7, 11) is 4.86. The molecule has 0 radical (unpaired) electrons. The third-order valence-electron chi connectivity index (χ3n) is 5.21. The lowest BCUT2D eigenvalue weighted by Gasteiger charge is -2.14. The lowest BCUT2D eigenvalue weighted by molar-refractivity contribution is 0.355. The predicted molar refractivity (Wildman–Crippen MR) is 116 cm³/mol. The summed E-state index contributed by atoms with van der Waals surface area (Å²) in [5, 5.41) is 21.9. The number of nitriles is 1. The van der Waals surface area contributed by atoms with Gasteiger partial charge in [-0.05, 0) is 23.8 Å². The number of methoxy groups -OCH3 is 2. The summed E-state index contributed by atoms with van der Waals surface area (Å²) in [4.78, 5) is 12.2. The molecule has 0 unspecified atom stereocenters. The molecule has 0 aliphatic carbocycles. The first-order valence-electron chi connectivity index (χ1n) is 9.42. The van der Waals surface area contributed by atoms with E-state index < -0.39 is 0 Å². The number of hydrogen-bond donors (Lipinski definition) is 2. The van der Waals surface area contributed by atoms with Gasteiger partial charge in [-0.2, -0.15) is 15.5 Å². The standard InChI is InChI=1S/C22H20N6O3/c1-28-21(15-8-20(31-3)19(30-2)7-13(15)9-23)17(11-25-28)12-4-5-14-16(6-12)18(10-24)26-27-22(14)29/h4-8,11H,10,24H2,1-3H3,(H,27,29). The first-order chi connectivity index (χ1) is 15.0. The van der Waals surface area contributed by atoms with E-state index in [2.05, 4.69) is 21.4 Å². The van der Waals surface area contributed by atoms with Crippen LogP contribution in [-0.2, 0) is 13.6 Å². The molecule has 9 nitrogen and oxygen atoms in total. The molecule has 3 N–H and O–H groups in total. The van der Waals surface area contributed by atoms with Crippen molar-refractivity contribution in [2.45, 2.75) is 6.54 Å². The number of aromatic nitrogens is 4. The molecule has 0 atom stereocenters. The molecule has 2 heterocycles. The molecule has 0 aliphatic heterocycles. The van der Waals surface area contributed by atoms with E-state index in [1.807, 2.05) is 12.1 Å². The van der Waals surface area contributed by atoms with Crippen LogP contribution in [0.1, 0.15) is 11.3 Å². The summed E-state index contributed by atoms with van der Waals surface area (Å²) in [6.45, 7) is 0.185. The molecule has 31 heavy (non-hydrogen) atoms. The molecule has 9 heteroatoms. The first-order valence-corrected chi connectivity index (χ1v) is 9.42. The fraction of sp³-hybridized carbons (Fsp3) is 0.182. The number of hydrogen-bond acceptors (Lipinski definition) is 7. The van der Waals surface area contributed by atoms with Gasteiger partial charge in [-0.1, -0.05) is 6.07 Å². The predicted octanol–water partition coefficient (Wildman–Crippen LogP) is 2.34. The molecule has 0 spiro atoms. The van der Waals surface area contributed by atoms with E-state index in [0.717, 1.165) is 16.8 Å². The van der Waals surface area contributed by atoms with Crippen molar-refractivity contribution in [3.63, 3.8) is 0 Å². The highest BCUT2D eigenvalue weighted by Gasteiger charge is 2.20. The highest BCUT2D eigenvalue weighted by Crippen LogP contribution is 2.39. The molecule has 0 saturated carbocycles. The molecule has 0 aliphatic rings. The summed E-state index contributed by atoms with van der Waals surface area (Å²) < 4.78 is 12.5. The Morgan fingerprint density at radius 1 is 1.13 bits per heavy atom. The van der Waals surface area contributed by atoms with Gasteiger partial charge >= 0.3 is 0 Å². The molecule has 0 amide bonds. The molecule has 0 fully saturated rings. The number of ether oxygens (including phenoxy) is 2. The number of nitrogens with two attached hydrogens (primary N) is 1. The van der Waals surface area contributed by atoms with Crippen LogP contribution in [-0.4, -0.2) is 34.2 Å². The summed E-state index contributed by atoms with van der Waals surface area (Å²) in [5.74, 6) is 0.971. The Bertz CT molecular complexity index is 1400. The van der Waals surface area contributed by atoms with Crippen LogP contribution in [0.25, 0.3) is 33.2 Å². The average Bonchev–Trinajstić information content (AvgIpc) is 3.19. The third-order valence-corrected chi connectivity index (χ3v) is 5.21. The van der Waals surface area contributed by atoms with E-state index in [1.165, 1.54) is 7.11 Å². The van der Waals surface area contributed by atoms with Gasteiger partial charge in [-0.15, -0.1) is 0 Å². The lowest BCUT2D eigenvalue weighted by Crippen LogP contribution is -2.13. The van der Waals surface area contributed by atoms with Gasteiger partial charge in [0.15, 0.2) is 11.5 Å². The fourth-order valence-electron chi connectivity index (χ4n) is 3.68. The Morgan fingerprint density at radius 3 is 2.55 bits per heavy atom. The van der Waals surface area contributed by atoms with Crippen molar-refractivity contribution >= 4 is 10.8 Å². The van der Waals surface area contributed by atoms with Gasteiger partial charge < -0.3 is 15.2 Å². The maximum atomic E-state index is 12.2. The zero-order valence-electron chi connectivity index (χ0n) is 17.3. The quantitative estimate of drug-likeness (QED) is 0.510. The summed E-state index contributed by atoms with van der Waals surface area (Å²) >= 11 is 0. The van der Waals surface area contributed by atoms with Gasteiger partial charge in [-0.3, -0.25) is 9.48 Å². The monoisotopic (exact) mass is 416 g/mol. The topological polar surface area (TPSA) is 132 Å². The normalized spacial score (nSPS) is 10.8. The molecular weight excluding hydrogens is 396 g/mol. The minimum absolute atomic E-state index is 0.185. The average molecular weight is 416 g/mol. The SMILES string of the molecule is COc1cc(C#N)c(-c2c(-c3ccc4c(=O)[nH]nc(CN)c4c3)cnn2C)cc1OC. The van der Waals surface area contributed by atoms with E-state index >= 15 is 0 Å². The van der Waals surface area contributed by atoms with Crippen molar-refractivity contribution in [3.8, 4) is 40.0 Å². The zero-order valence-corrected chi connectivity index (χ0v) is 17.3. The lowest BCUT2D eigenvalue weighted by atomic mass is 9.96. The van der Waals surface area contributed by atoms with Gasteiger partial charge in [0.1, 0.15) is 0 Å². The van der Waals surface area contributed by atoms with E-state index in [9.17, 15) is 10.1 Å². The molecule has 4 aromatic rings. The summed E-state index contributed by atoms with van der Waals surface area (Å²) in [6, 6.07) is 11.1. The van der Waals surface area contributed by atoms with E-state index in [4.69, 9.17) is 15.2 Å². The number of H-pyrrole nitrogens is 1. The second-order valence-corrected chi connectivity index (χ2v) is 6.86. The van der Waals surface area contributed by atoms with E-state index in [-0.39, 0.29) is 12.1 Å². The molecule has 156 valence electrons. The van der Waals surface area contributed by atoms with Gasteiger partial charge in [0.05, 0.1) is 48.8 Å². The number of fused-ring (bicyclic) bond motifs is 1. The highest BCUT2D eigenvalue weighted by atomic mass is 16.5. The fourth-order valence-corrected chi connectivity index (χ4v) is 3.68. The number of nitrogens with zero attached hydrogens (tertiary/aromatic N) is 4. The van der Waals surface area contributed by atoms with Gasteiger partial charge in [0.25, 0.3) is 5.56 Å². The van der Waals surface area contributed by atoms with Crippen LogP contribution in [0.2, 0.25) is 0 Å². The van der Waals surface area contributed by atoms with Crippen LogP contribution in [0, 0.1) is 11.3 Å². The Hall–Kier alpha value is -4.16. The van der Waals surface area contributed by atoms with Crippen molar-refractivity contribution in [2.75, 3.05) is 14.2 Å². The van der Waals surface area contributed by atoms with Gasteiger partial charge in [-0.25, -0.2) is 5.10 Å². The number of aromatic amines is 1. The van der Waals surface area contributed by atoms with Crippen LogP contribution in [0.3, 0.4) is 0 Å². The molecule has 2 aromatic carbocycles. The van der Waals surface area contributed by atoms with Crippen molar-refractivity contribution in [2.24, 2.45) is 12.8 Å². The minimum Gasteiger partial charge on any atom is -0.493 e. The zero-order chi connectivity index (χ0) is 22.1. The van der Waals surface area contributed by atoms with Crippen LogP contribution < -0.4 is 20.8 Å². The van der Waals surface area contributed by atoms with Crippen LogP contribution in [0.4, 0.5) is 0 Å². The molecule has 0 saturated heterocycles. The second-order valence-electron chi connectivity index (χ2n) is 6.86. The Balaban J connectivity index is 1.99. The van der Waals surface area contributed by atoms with Crippen LogP contribution in [0.5, 0.6) is 11.5 Å². The van der Waals surface area contributed by atoms with Crippen LogP contribution >= 0.6 is 0 Å². The van der Waals surface area contributed by atoms with E-state index in [1.54, 1.807) is 43.2 Å². The number of nitrogens with one attached hydrogen (secondary N) is 1. The Labute approximate surface area is 177 Å².